The van der Waals surface area contributed by atoms with Gasteiger partial charge in [-0.2, -0.15) is 4.31 Å². The van der Waals surface area contributed by atoms with Gasteiger partial charge in [-0.3, -0.25) is 4.79 Å². The molecule has 132 valence electrons. The minimum absolute atomic E-state index is 0.0649. The van der Waals surface area contributed by atoms with Crippen molar-refractivity contribution < 1.29 is 17.6 Å². The first-order chi connectivity index (χ1) is 11.9. The zero-order valence-electron chi connectivity index (χ0n) is 13.8. The normalized spacial score (nSPS) is 15.3. The molecule has 7 heteroatoms. The third-order valence-electron chi connectivity index (χ3n) is 4.19. The van der Waals surface area contributed by atoms with Gasteiger partial charge < -0.3 is 5.32 Å². The Morgan fingerprint density at radius 1 is 1.08 bits per heavy atom. The number of hydrogen-bond donors (Lipinski definition) is 1. The second kappa shape index (κ2) is 6.93. The van der Waals surface area contributed by atoms with Crippen LogP contribution in [0.5, 0.6) is 0 Å². The lowest BCUT2D eigenvalue weighted by atomic mass is 10.2. The molecule has 0 aromatic heterocycles. The zero-order chi connectivity index (χ0) is 18.0. The molecule has 0 atom stereocenters. The summed E-state index contributed by atoms with van der Waals surface area (Å²) in [6, 6.07) is 10.4. The van der Waals surface area contributed by atoms with Crippen LogP contribution in [-0.2, 0) is 10.0 Å². The maximum Gasteiger partial charge on any atom is 0.258 e. The first-order valence-electron chi connectivity index (χ1n) is 8.05. The van der Waals surface area contributed by atoms with Crippen molar-refractivity contribution in [3.63, 3.8) is 0 Å². The van der Waals surface area contributed by atoms with Gasteiger partial charge in [0.1, 0.15) is 5.82 Å². The third kappa shape index (κ3) is 3.72. The molecular weight excluding hydrogens is 343 g/mol. The van der Waals surface area contributed by atoms with Crippen molar-refractivity contribution in [2.24, 2.45) is 0 Å². The lowest BCUT2D eigenvalue weighted by molar-refractivity contribution is 0.102. The van der Waals surface area contributed by atoms with E-state index in [1.165, 1.54) is 10.4 Å². The van der Waals surface area contributed by atoms with E-state index in [1.807, 2.05) is 19.1 Å². The molecule has 25 heavy (non-hydrogen) atoms. The number of aryl methyl sites for hydroxylation is 1. The lowest BCUT2D eigenvalue weighted by Crippen LogP contribution is -2.28. The number of carbonyl (C=O) groups is 1. The topological polar surface area (TPSA) is 66.5 Å². The van der Waals surface area contributed by atoms with Crippen LogP contribution in [0.2, 0.25) is 0 Å². The van der Waals surface area contributed by atoms with Gasteiger partial charge in [0.25, 0.3) is 5.91 Å². The summed E-state index contributed by atoms with van der Waals surface area (Å²) >= 11 is 0. The summed E-state index contributed by atoms with van der Waals surface area (Å²) in [6.45, 7) is 2.81. The van der Waals surface area contributed by atoms with Crippen molar-refractivity contribution in [1.82, 2.24) is 4.31 Å². The number of benzene rings is 2. The summed E-state index contributed by atoms with van der Waals surface area (Å²) in [6.07, 6.45) is 1.61. The molecule has 1 amide bonds. The largest absolute Gasteiger partial charge is 0.322 e. The second-order valence-electron chi connectivity index (χ2n) is 6.07. The number of hydrogen-bond acceptors (Lipinski definition) is 3. The van der Waals surface area contributed by atoms with Gasteiger partial charge in [-0.15, -0.1) is 0 Å². The molecule has 1 fully saturated rings. The summed E-state index contributed by atoms with van der Waals surface area (Å²) in [7, 11) is -3.70. The van der Waals surface area contributed by atoms with Gasteiger partial charge in [0.15, 0.2) is 0 Å². The van der Waals surface area contributed by atoms with E-state index in [4.69, 9.17) is 0 Å². The van der Waals surface area contributed by atoms with Crippen LogP contribution in [0.3, 0.4) is 0 Å². The molecular formula is C18H19FN2O3S. The van der Waals surface area contributed by atoms with Gasteiger partial charge in [-0.05, 0) is 50.1 Å². The highest BCUT2D eigenvalue weighted by molar-refractivity contribution is 7.89. The molecule has 5 nitrogen and oxygen atoms in total. The van der Waals surface area contributed by atoms with Gasteiger partial charge in [-0.1, -0.05) is 17.7 Å². The highest BCUT2D eigenvalue weighted by Gasteiger charge is 2.28. The second-order valence-corrected chi connectivity index (χ2v) is 8.01. The summed E-state index contributed by atoms with van der Waals surface area (Å²) in [5.41, 5.74) is 1.26. The Kier molecular flexibility index (Phi) is 4.87. The molecule has 0 saturated carbocycles. The Morgan fingerprint density at radius 2 is 1.72 bits per heavy atom. The van der Waals surface area contributed by atoms with Crippen molar-refractivity contribution in [2.75, 3.05) is 18.4 Å². The smallest absolute Gasteiger partial charge is 0.258 e. The van der Waals surface area contributed by atoms with Crippen LogP contribution in [0.1, 0.15) is 28.8 Å². The van der Waals surface area contributed by atoms with Crippen LogP contribution in [0.25, 0.3) is 0 Å². The van der Waals surface area contributed by atoms with Crippen LogP contribution in [0.4, 0.5) is 10.1 Å². The molecule has 1 heterocycles. The molecule has 2 aromatic carbocycles. The third-order valence-corrected chi connectivity index (χ3v) is 6.09. The average molecular weight is 362 g/mol. The molecule has 1 N–H and O–H groups in total. The maximum absolute atomic E-state index is 14.1. The highest BCUT2D eigenvalue weighted by atomic mass is 32.2. The van der Waals surface area contributed by atoms with E-state index in [0.29, 0.717) is 18.8 Å². The Balaban J connectivity index is 1.88. The summed E-state index contributed by atoms with van der Waals surface area (Å²) in [5.74, 6) is -1.44. The minimum Gasteiger partial charge on any atom is -0.322 e. The molecule has 2 aromatic rings. The zero-order valence-corrected chi connectivity index (χ0v) is 14.6. The number of rotatable bonds is 4. The predicted molar refractivity (Wildman–Crippen MR) is 93.5 cm³/mol. The van der Waals surface area contributed by atoms with E-state index < -0.39 is 21.7 Å². The standard InChI is InChI=1S/C18H19FN2O3S/c1-13-4-6-14(7-5-13)20-18(22)16-12-15(8-9-17(16)19)25(23,24)21-10-2-3-11-21/h4-9,12H,2-3,10-11H2,1H3,(H,20,22). The van der Waals surface area contributed by atoms with Crippen molar-refractivity contribution in [3.05, 3.63) is 59.4 Å². The van der Waals surface area contributed by atoms with Crippen molar-refractivity contribution in [1.29, 1.82) is 0 Å². The minimum atomic E-state index is -3.70. The molecule has 0 spiro atoms. The van der Waals surface area contributed by atoms with Crippen molar-refractivity contribution in [2.45, 2.75) is 24.7 Å². The van der Waals surface area contributed by atoms with Crippen molar-refractivity contribution >= 4 is 21.6 Å². The van der Waals surface area contributed by atoms with Gasteiger partial charge in [0, 0.05) is 18.8 Å². The lowest BCUT2D eigenvalue weighted by Gasteiger charge is -2.16. The average Bonchev–Trinajstić information content (AvgIpc) is 3.12. The number of nitrogens with one attached hydrogen (secondary N) is 1. The molecule has 0 radical (unpaired) electrons. The monoisotopic (exact) mass is 362 g/mol. The number of amides is 1. The number of sulfonamides is 1. The van der Waals surface area contributed by atoms with E-state index in [9.17, 15) is 17.6 Å². The van der Waals surface area contributed by atoms with Crippen LogP contribution >= 0.6 is 0 Å². The number of anilines is 1. The van der Waals surface area contributed by atoms with Crippen LogP contribution < -0.4 is 5.32 Å². The van der Waals surface area contributed by atoms with E-state index in [2.05, 4.69) is 5.32 Å². The number of carbonyl (C=O) groups excluding carboxylic acids is 1. The van der Waals surface area contributed by atoms with Gasteiger partial charge in [-0.25, -0.2) is 12.8 Å². The quantitative estimate of drug-likeness (QED) is 0.908. The number of nitrogens with zero attached hydrogens (tertiary/aromatic N) is 1. The van der Waals surface area contributed by atoms with Gasteiger partial charge in [0.2, 0.25) is 10.0 Å². The predicted octanol–water partition coefficient (Wildman–Crippen LogP) is 3.17. The van der Waals surface area contributed by atoms with Crippen LogP contribution in [0, 0.1) is 12.7 Å². The van der Waals surface area contributed by atoms with E-state index >= 15 is 0 Å². The Hall–Kier alpha value is -2.25. The Morgan fingerprint density at radius 3 is 2.36 bits per heavy atom. The summed E-state index contributed by atoms with van der Waals surface area (Å²) in [4.78, 5) is 12.3. The Labute approximate surface area is 146 Å². The van der Waals surface area contributed by atoms with Crippen molar-refractivity contribution in [3.8, 4) is 0 Å². The summed E-state index contributed by atoms with van der Waals surface area (Å²) < 4.78 is 40.6. The fraction of sp³-hybridized carbons (Fsp3) is 0.278. The maximum atomic E-state index is 14.1. The molecule has 1 aliphatic rings. The van der Waals surface area contributed by atoms with Crippen LogP contribution in [-0.4, -0.2) is 31.7 Å². The van der Waals surface area contributed by atoms with Crippen LogP contribution in [0.15, 0.2) is 47.4 Å². The SMILES string of the molecule is Cc1ccc(NC(=O)c2cc(S(=O)(=O)N3CCCC3)ccc2F)cc1. The van der Waals surface area contributed by atoms with Gasteiger partial charge in [0.05, 0.1) is 10.5 Å². The Bertz CT molecular complexity index is 889. The highest BCUT2D eigenvalue weighted by Crippen LogP contribution is 2.23. The summed E-state index contributed by atoms with van der Waals surface area (Å²) in [5, 5.41) is 2.59. The molecule has 3 rings (SSSR count). The van der Waals surface area contributed by atoms with E-state index in [-0.39, 0.29) is 10.5 Å². The fourth-order valence-corrected chi connectivity index (χ4v) is 4.30. The molecule has 0 bridgehead atoms. The molecule has 0 aliphatic carbocycles. The number of halogens is 1. The fourth-order valence-electron chi connectivity index (χ4n) is 2.75. The van der Waals surface area contributed by atoms with Gasteiger partial charge >= 0.3 is 0 Å². The van der Waals surface area contributed by atoms with E-state index in [0.717, 1.165) is 30.5 Å². The first kappa shape index (κ1) is 17.6. The molecule has 0 unspecified atom stereocenters. The van der Waals surface area contributed by atoms with E-state index in [1.54, 1.807) is 12.1 Å². The molecule has 1 saturated heterocycles. The molecule has 1 aliphatic heterocycles. The first-order valence-corrected chi connectivity index (χ1v) is 9.50.